The summed E-state index contributed by atoms with van der Waals surface area (Å²) in [7, 11) is 0. The van der Waals surface area contributed by atoms with Crippen molar-refractivity contribution in [1.82, 2.24) is 0 Å². The zero-order valence-corrected chi connectivity index (χ0v) is 8.59. The summed E-state index contributed by atoms with van der Waals surface area (Å²) in [5.41, 5.74) is 6.51. The molecule has 14 heavy (non-hydrogen) atoms. The lowest BCUT2D eigenvalue weighted by molar-refractivity contribution is 0.338. The second-order valence-electron chi connectivity index (χ2n) is 3.41. The van der Waals surface area contributed by atoms with Crippen LogP contribution in [0, 0.1) is 5.82 Å². The minimum atomic E-state index is -0.272. The van der Waals surface area contributed by atoms with Crippen molar-refractivity contribution in [2.75, 3.05) is 6.61 Å². The van der Waals surface area contributed by atoms with E-state index < -0.39 is 0 Å². The molecule has 0 bridgehead atoms. The predicted octanol–water partition coefficient (Wildman–Crippen LogP) is 2.11. The first-order valence-electron chi connectivity index (χ1n) is 4.79. The summed E-state index contributed by atoms with van der Waals surface area (Å²) >= 11 is 0. The highest BCUT2D eigenvalue weighted by molar-refractivity contribution is 5.30. The third-order valence-corrected chi connectivity index (χ3v) is 1.80. The van der Waals surface area contributed by atoms with Crippen molar-refractivity contribution in [3.8, 4) is 5.75 Å². The summed E-state index contributed by atoms with van der Waals surface area (Å²) in [6.45, 7) is 4.31. The summed E-state index contributed by atoms with van der Waals surface area (Å²) in [6.07, 6.45) is 0.665. The van der Waals surface area contributed by atoms with E-state index >= 15 is 0 Å². The van der Waals surface area contributed by atoms with E-state index in [1.165, 1.54) is 12.1 Å². The van der Waals surface area contributed by atoms with Crippen LogP contribution in [0.4, 0.5) is 4.39 Å². The second-order valence-corrected chi connectivity index (χ2v) is 3.41. The van der Waals surface area contributed by atoms with Crippen molar-refractivity contribution in [3.63, 3.8) is 0 Å². The van der Waals surface area contributed by atoms with Crippen LogP contribution in [0.5, 0.6) is 5.75 Å². The van der Waals surface area contributed by atoms with Crippen LogP contribution >= 0.6 is 0 Å². The summed E-state index contributed by atoms with van der Waals surface area (Å²) in [5, 5.41) is 0. The maximum Gasteiger partial charge on any atom is 0.127 e. The fourth-order valence-corrected chi connectivity index (χ4v) is 1.36. The average molecular weight is 197 g/mol. The molecule has 1 rings (SSSR count). The van der Waals surface area contributed by atoms with Gasteiger partial charge in [0.25, 0.3) is 0 Å². The summed E-state index contributed by atoms with van der Waals surface area (Å²) < 4.78 is 18.3. The molecule has 0 aliphatic heterocycles. The molecule has 1 aromatic carbocycles. The average Bonchev–Trinajstić information content (AvgIpc) is 2.01. The van der Waals surface area contributed by atoms with Gasteiger partial charge >= 0.3 is 0 Å². The van der Waals surface area contributed by atoms with Gasteiger partial charge in [0, 0.05) is 12.1 Å². The van der Waals surface area contributed by atoms with Gasteiger partial charge in [-0.2, -0.15) is 0 Å². The molecule has 78 valence electrons. The molecule has 0 aromatic heterocycles. The maximum absolute atomic E-state index is 13.1. The Kier molecular flexibility index (Phi) is 3.89. The molecule has 2 nitrogen and oxygen atoms in total. The van der Waals surface area contributed by atoms with Crippen LogP contribution in [-0.2, 0) is 6.42 Å². The van der Waals surface area contributed by atoms with Crippen LogP contribution in [0.3, 0.4) is 0 Å². The Hall–Kier alpha value is -1.09. The number of rotatable bonds is 4. The van der Waals surface area contributed by atoms with Crippen LogP contribution in [0.1, 0.15) is 19.4 Å². The van der Waals surface area contributed by atoms with Gasteiger partial charge in [-0.25, -0.2) is 4.39 Å². The van der Waals surface area contributed by atoms with Gasteiger partial charge < -0.3 is 10.5 Å². The van der Waals surface area contributed by atoms with E-state index in [9.17, 15) is 4.39 Å². The van der Waals surface area contributed by atoms with Crippen molar-refractivity contribution >= 4 is 0 Å². The number of ether oxygens (including phenoxy) is 1. The van der Waals surface area contributed by atoms with Gasteiger partial charge in [-0.15, -0.1) is 0 Å². The standard InChI is InChI=1S/C11H16FNO/c1-3-14-11-6-9(4-8(2)13)5-10(12)7-11/h5-8H,3-4,13H2,1-2H3. The minimum Gasteiger partial charge on any atom is -0.494 e. The highest BCUT2D eigenvalue weighted by Crippen LogP contribution is 2.17. The molecular formula is C11H16FNO. The van der Waals surface area contributed by atoms with Crippen molar-refractivity contribution in [3.05, 3.63) is 29.6 Å². The van der Waals surface area contributed by atoms with E-state index in [2.05, 4.69) is 0 Å². The Morgan fingerprint density at radius 1 is 1.43 bits per heavy atom. The third kappa shape index (κ3) is 3.34. The molecule has 0 fully saturated rings. The van der Waals surface area contributed by atoms with E-state index in [0.29, 0.717) is 18.8 Å². The largest absolute Gasteiger partial charge is 0.494 e. The highest BCUT2D eigenvalue weighted by atomic mass is 19.1. The Morgan fingerprint density at radius 2 is 2.14 bits per heavy atom. The Morgan fingerprint density at radius 3 is 2.71 bits per heavy atom. The second kappa shape index (κ2) is 4.96. The van der Waals surface area contributed by atoms with Gasteiger partial charge in [0.2, 0.25) is 0 Å². The zero-order chi connectivity index (χ0) is 10.6. The van der Waals surface area contributed by atoms with Crippen molar-refractivity contribution in [2.24, 2.45) is 5.73 Å². The Bertz CT molecular complexity index is 299. The van der Waals surface area contributed by atoms with E-state index in [0.717, 1.165) is 5.56 Å². The highest BCUT2D eigenvalue weighted by Gasteiger charge is 2.03. The normalized spacial score (nSPS) is 12.6. The zero-order valence-electron chi connectivity index (χ0n) is 8.59. The summed E-state index contributed by atoms with van der Waals surface area (Å²) in [5.74, 6) is 0.301. The Labute approximate surface area is 83.9 Å². The van der Waals surface area contributed by atoms with E-state index in [1.54, 1.807) is 0 Å². The van der Waals surface area contributed by atoms with Crippen molar-refractivity contribution in [1.29, 1.82) is 0 Å². The summed E-state index contributed by atoms with van der Waals surface area (Å²) in [6, 6.07) is 4.74. The van der Waals surface area contributed by atoms with Crippen molar-refractivity contribution < 1.29 is 9.13 Å². The number of hydrogen-bond acceptors (Lipinski definition) is 2. The molecule has 1 atom stereocenters. The number of nitrogens with two attached hydrogens (primary N) is 1. The molecule has 3 heteroatoms. The number of halogens is 1. The molecule has 0 heterocycles. The Balaban J connectivity index is 2.83. The fraction of sp³-hybridized carbons (Fsp3) is 0.455. The molecule has 1 unspecified atom stereocenters. The molecule has 0 aliphatic rings. The van der Waals surface area contributed by atoms with Crippen LogP contribution < -0.4 is 10.5 Å². The van der Waals surface area contributed by atoms with Crippen LogP contribution in [0.2, 0.25) is 0 Å². The maximum atomic E-state index is 13.1. The number of hydrogen-bond donors (Lipinski definition) is 1. The lowest BCUT2D eigenvalue weighted by Crippen LogP contribution is -2.17. The van der Waals surface area contributed by atoms with Gasteiger partial charge in [0.05, 0.1) is 6.61 Å². The third-order valence-electron chi connectivity index (χ3n) is 1.80. The summed E-state index contributed by atoms with van der Waals surface area (Å²) in [4.78, 5) is 0. The molecule has 0 saturated carbocycles. The first-order chi connectivity index (χ1) is 6.61. The van der Waals surface area contributed by atoms with Gasteiger partial charge in [0.15, 0.2) is 0 Å². The predicted molar refractivity (Wildman–Crippen MR) is 54.9 cm³/mol. The molecule has 0 saturated heterocycles. The molecule has 0 aliphatic carbocycles. The lowest BCUT2D eigenvalue weighted by Gasteiger charge is -2.08. The van der Waals surface area contributed by atoms with Crippen LogP contribution in [0.25, 0.3) is 0 Å². The SMILES string of the molecule is CCOc1cc(F)cc(CC(C)N)c1. The molecule has 0 spiro atoms. The van der Waals surface area contributed by atoms with Gasteiger partial charge in [-0.05, 0) is 38.0 Å². The molecule has 2 N–H and O–H groups in total. The van der Waals surface area contributed by atoms with Crippen LogP contribution in [0.15, 0.2) is 18.2 Å². The monoisotopic (exact) mass is 197 g/mol. The first-order valence-corrected chi connectivity index (χ1v) is 4.79. The molecule has 1 aromatic rings. The van der Waals surface area contributed by atoms with Crippen molar-refractivity contribution in [2.45, 2.75) is 26.3 Å². The van der Waals surface area contributed by atoms with Crippen LogP contribution in [-0.4, -0.2) is 12.6 Å². The smallest absolute Gasteiger partial charge is 0.127 e. The fourth-order valence-electron chi connectivity index (χ4n) is 1.36. The first kappa shape index (κ1) is 11.0. The van der Waals surface area contributed by atoms with E-state index in [-0.39, 0.29) is 11.9 Å². The van der Waals surface area contributed by atoms with Gasteiger partial charge in [-0.3, -0.25) is 0 Å². The topological polar surface area (TPSA) is 35.2 Å². The minimum absolute atomic E-state index is 0.0336. The van der Waals surface area contributed by atoms with Gasteiger partial charge in [0.1, 0.15) is 11.6 Å². The van der Waals surface area contributed by atoms with E-state index in [1.807, 2.05) is 19.9 Å². The molecular weight excluding hydrogens is 181 g/mol. The van der Waals surface area contributed by atoms with Gasteiger partial charge in [-0.1, -0.05) is 0 Å². The lowest BCUT2D eigenvalue weighted by atomic mass is 10.1. The molecule has 0 amide bonds. The van der Waals surface area contributed by atoms with E-state index in [4.69, 9.17) is 10.5 Å². The number of benzene rings is 1. The molecule has 0 radical (unpaired) electrons. The quantitative estimate of drug-likeness (QED) is 0.802.